The van der Waals surface area contributed by atoms with Crippen molar-refractivity contribution in [1.82, 2.24) is 4.98 Å². The predicted octanol–water partition coefficient (Wildman–Crippen LogP) is 4.15. The Labute approximate surface area is 159 Å². The molecule has 0 saturated heterocycles. The van der Waals surface area contributed by atoms with Crippen LogP contribution in [0.15, 0.2) is 58.8 Å². The summed E-state index contributed by atoms with van der Waals surface area (Å²) in [5.74, 6) is 0.908. The maximum Gasteiger partial charge on any atom is 0.134 e. The third-order valence-corrected chi connectivity index (χ3v) is 4.99. The van der Waals surface area contributed by atoms with Crippen LogP contribution in [0.3, 0.4) is 0 Å². The lowest BCUT2D eigenvalue weighted by Crippen LogP contribution is -2.33. The Hall–Kier alpha value is -2.24. The highest BCUT2D eigenvalue weighted by atomic mass is 35.5. The van der Waals surface area contributed by atoms with E-state index in [9.17, 15) is 10.2 Å². The normalized spacial score (nSPS) is 18.2. The SMILES string of the molecule is CC1=CC(O)=C(Cl)CN1c1cc(N2C=CC=C(C(C)(C)O)C2)ncc1C. The zero-order valence-corrected chi connectivity index (χ0v) is 16.2. The lowest BCUT2D eigenvalue weighted by molar-refractivity contribution is 0.118. The molecule has 0 fully saturated rings. The molecule has 0 aromatic carbocycles. The van der Waals surface area contributed by atoms with Gasteiger partial charge >= 0.3 is 0 Å². The number of pyridine rings is 1. The van der Waals surface area contributed by atoms with E-state index in [1.54, 1.807) is 19.9 Å². The summed E-state index contributed by atoms with van der Waals surface area (Å²) in [5, 5.41) is 20.5. The first kappa shape index (κ1) is 18.5. The molecule has 138 valence electrons. The van der Waals surface area contributed by atoms with E-state index in [2.05, 4.69) is 9.88 Å². The quantitative estimate of drug-likeness (QED) is 0.833. The van der Waals surface area contributed by atoms with Crippen LogP contribution in [0.1, 0.15) is 26.3 Å². The second kappa shape index (κ2) is 6.82. The molecule has 0 saturated carbocycles. The molecule has 3 rings (SSSR count). The molecule has 0 spiro atoms. The maximum atomic E-state index is 10.3. The second-order valence-corrected chi connectivity index (χ2v) is 7.67. The van der Waals surface area contributed by atoms with Crippen molar-refractivity contribution in [1.29, 1.82) is 0 Å². The van der Waals surface area contributed by atoms with Crippen LogP contribution in [0.2, 0.25) is 0 Å². The monoisotopic (exact) mass is 373 g/mol. The number of aliphatic hydroxyl groups is 2. The molecule has 0 radical (unpaired) electrons. The highest BCUT2D eigenvalue weighted by Crippen LogP contribution is 2.33. The van der Waals surface area contributed by atoms with Crippen LogP contribution in [0.25, 0.3) is 0 Å². The smallest absolute Gasteiger partial charge is 0.134 e. The summed E-state index contributed by atoms with van der Waals surface area (Å²) in [6.45, 7) is 8.50. The van der Waals surface area contributed by atoms with E-state index >= 15 is 0 Å². The first-order valence-corrected chi connectivity index (χ1v) is 8.91. The average Bonchev–Trinajstić information content (AvgIpc) is 2.58. The van der Waals surface area contributed by atoms with Gasteiger partial charge in [-0.25, -0.2) is 4.98 Å². The van der Waals surface area contributed by atoms with Crippen molar-refractivity contribution in [3.05, 3.63) is 64.3 Å². The van der Waals surface area contributed by atoms with E-state index in [1.807, 2.05) is 49.4 Å². The van der Waals surface area contributed by atoms with Crippen molar-refractivity contribution in [2.45, 2.75) is 33.3 Å². The molecule has 2 N–H and O–H groups in total. The minimum atomic E-state index is -0.876. The van der Waals surface area contributed by atoms with Gasteiger partial charge in [0, 0.05) is 42.5 Å². The number of hydrogen-bond acceptors (Lipinski definition) is 5. The number of rotatable bonds is 3. The Morgan fingerprint density at radius 1 is 1.23 bits per heavy atom. The Balaban J connectivity index is 1.92. The van der Waals surface area contributed by atoms with Crippen molar-refractivity contribution < 1.29 is 10.2 Å². The van der Waals surface area contributed by atoms with E-state index in [4.69, 9.17) is 11.6 Å². The van der Waals surface area contributed by atoms with Gasteiger partial charge in [-0.2, -0.15) is 0 Å². The summed E-state index contributed by atoms with van der Waals surface area (Å²) >= 11 is 6.16. The van der Waals surface area contributed by atoms with Gasteiger partial charge in [-0.1, -0.05) is 17.7 Å². The molecule has 3 heterocycles. The van der Waals surface area contributed by atoms with Gasteiger partial charge in [0.15, 0.2) is 0 Å². The molecule has 5 nitrogen and oxygen atoms in total. The summed E-state index contributed by atoms with van der Waals surface area (Å²) in [5.41, 5.74) is 2.97. The summed E-state index contributed by atoms with van der Waals surface area (Å²) in [6.07, 6.45) is 9.31. The molecule has 0 aliphatic carbocycles. The zero-order valence-electron chi connectivity index (χ0n) is 15.5. The Morgan fingerprint density at radius 2 is 1.96 bits per heavy atom. The number of hydrogen-bond donors (Lipinski definition) is 2. The van der Waals surface area contributed by atoms with Crippen molar-refractivity contribution in [3.63, 3.8) is 0 Å². The molecule has 1 aromatic heterocycles. The fourth-order valence-corrected chi connectivity index (χ4v) is 3.20. The number of nitrogens with zero attached hydrogens (tertiary/aromatic N) is 3. The van der Waals surface area contributed by atoms with Crippen LogP contribution < -0.4 is 9.80 Å². The van der Waals surface area contributed by atoms with Crippen molar-refractivity contribution in [2.75, 3.05) is 22.9 Å². The number of allylic oxidation sites excluding steroid dienone is 4. The molecule has 0 bridgehead atoms. The Morgan fingerprint density at radius 3 is 2.65 bits per heavy atom. The predicted molar refractivity (Wildman–Crippen MR) is 106 cm³/mol. The van der Waals surface area contributed by atoms with Crippen LogP contribution in [-0.2, 0) is 0 Å². The fraction of sp³-hybridized carbons (Fsp3) is 0.350. The van der Waals surface area contributed by atoms with E-state index in [0.717, 1.165) is 28.3 Å². The molecule has 2 aliphatic heterocycles. The van der Waals surface area contributed by atoms with Crippen LogP contribution in [0, 0.1) is 6.92 Å². The van der Waals surface area contributed by atoms with Crippen LogP contribution in [-0.4, -0.2) is 33.9 Å². The van der Waals surface area contributed by atoms with Gasteiger partial charge in [0.2, 0.25) is 0 Å². The summed E-state index contributed by atoms with van der Waals surface area (Å²) in [4.78, 5) is 8.62. The highest BCUT2D eigenvalue weighted by molar-refractivity contribution is 6.30. The maximum absolute atomic E-state index is 10.3. The molecule has 0 atom stereocenters. The number of aryl methyl sites for hydroxylation is 1. The lowest BCUT2D eigenvalue weighted by atomic mass is 9.96. The fourth-order valence-electron chi connectivity index (χ4n) is 3.03. The van der Waals surface area contributed by atoms with Crippen molar-refractivity contribution >= 4 is 23.1 Å². The Bertz CT molecular complexity index is 847. The summed E-state index contributed by atoms with van der Waals surface area (Å²) in [7, 11) is 0. The van der Waals surface area contributed by atoms with Crippen LogP contribution in [0.4, 0.5) is 11.5 Å². The zero-order chi connectivity index (χ0) is 19.1. The van der Waals surface area contributed by atoms with Crippen molar-refractivity contribution in [2.24, 2.45) is 0 Å². The molecule has 2 aliphatic rings. The number of aliphatic hydroxyl groups excluding tert-OH is 1. The molecule has 0 amide bonds. The number of anilines is 2. The van der Waals surface area contributed by atoms with Gasteiger partial charge in [-0.15, -0.1) is 0 Å². The molecule has 6 heteroatoms. The van der Waals surface area contributed by atoms with E-state index in [0.29, 0.717) is 18.1 Å². The second-order valence-electron chi connectivity index (χ2n) is 7.21. The average molecular weight is 374 g/mol. The van der Waals surface area contributed by atoms with E-state index < -0.39 is 5.60 Å². The van der Waals surface area contributed by atoms with Gasteiger partial charge in [0.1, 0.15) is 11.6 Å². The minimum Gasteiger partial charge on any atom is -0.507 e. The lowest BCUT2D eigenvalue weighted by Gasteiger charge is -2.32. The third kappa shape index (κ3) is 3.64. The molecule has 26 heavy (non-hydrogen) atoms. The third-order valence-electron chi connectivity index (χ3n) is 4.68. The molecule has 0 unspecified atom stereocenters. The van der Waals surface area contributed by atoms with Crippen LogP contribution in [0.5, 0.6) is 0 Å². The highest BCUT2D eigenvalue weighted by Gasteiger charge is 2.24. The summed E-state index contributed by atoms with van der Waals surface area (Å²) < 4.78 is 0. The summed E-state index contributed by atoms with van der Waals surface area (Å²) in [6, 6.07) is 2.01. The Kier molecular flexibility index (Phi) is 4.86. The van der Waals surface area contributed by atoms with Crippen LogP contribution >= 0.6 is 11.6 Å². The topological polar surface area (TPSA) is 59.8 Å². The first-order valence-electron chi connectivity index (χ1n) is 8.54. The largest absolute Gasteiger partial charge is 0.507 e. The van der Waals surface area contributed by atoms with Gasteiger partial charge in [-0.05, 0) is 44.9 Å². The molecule has 1 aromatic rings. The van der Waals surface area contributed by atoms with E-state index in [-0.39, 0.29) is 5.76 Å². The minimum absolute atomic E-state index is 0.117. The number of halogens is 1. The first-order chi connectivity index (χ1) is 12.2. The standard InChI is InChI=1S/C20H24ClN3O2/c1-13-10-22-19(23-7-5-6-15(11-23)20(3,4)26)9-17(13)24-12-16(21)18(25)8-14(24)2/h5-10,25-26H,11-12H2,1-4H3. The van der Waals surface area contributed by atoms with Gasteiger partial charge in [0.25, 0.3) is 0 Å². The van der Waals surface area contributed by atoms with E-state index in [1.165, 1.54) is 0 Å². The number of aromatic nitrogens is 1. The van der Waals surface area contributed by atoms with Crippen molar-refractivity contribution in [3.8, 4) is 0 Å². The van der Waals surface area contributed by atoms with Gasteiger partial charge in [0.05, 0.1) is 17.2 Å². The molecular weight excluding hydrogens is 350 g/mol. The van der Waals surface area contributed by atoms with Gasteiger partial charge < -0.3 is 20.0 Å². The van der Waals surface area contributed by atoms with Gasteiger partial charge in [-0.3, -0.25) is 0 Å². The molecular formula is C20H24ClN3O2.